The van der Waals surface area contributed by atoms with Gasteiger partial charge in [0.15, 0.2) is 5.78 Å². The third-order valence-electron chi connectivity index (χ3n) is 3.96. The Labute approximate surface area is 126 Å². The van der Waals surface area contributed by atoms with Gasteiger partial charge in [0.25, 0.3) is 0 Å². The molecule has 114 valence electrons. The van der Waals surface area contributed by atoms with E-state index in [1.54, 1.807) is 6.07 Å². The highest BCUT2D eigenvalue weighted by atomic mass is 16.5. The Morgan fingerprint density at radius 2 is 2.10 bits per heavy atom. The lowest BCUT2D eigenvalue weighted by Crippen LogP contribution is -2.43. The van der Waals surface area contributed by atoms with Crippen LogP contribution in [0.4, 0.5) is 0 Å². The number of nitrogens with zero attached hydrogens (tertiary/aromatic N) is 1. The Bertz CT molecular complexity index is 513. The molecule has 1 aromatic carbocycles. The molecular weight excluding hydrogens is 266 g/mol. The Kier molecular flexibility index (Phi) is 5.51. The van der Waals surface area contributed by atoms with Gasteiger partial charge in [-0.05, 0) is 25.5 Å². The number of carbonyl (C=O) groups is 2. The molecule has 1 heterocycles. The molecule has 0 aromatic heterocycles. The minimum absolute atomic E-state index is 0.0586. The van der Waals surface area contributed by atoms with E-state index >= 15 is 0 Å². The summed E-state index contributed by atoms with van der Waals surface area (Å²) in [5.74, 6) is 1.11. The van der Waals surface area contributed by atoms with Crippen molar-refractivity contribution < 1.29 is 14.3 Å². The number of para-hydroxylation sites is 1. The zero-order valence-electron chi connectivity index (χ0n) is 12.8. The molecule has 2 rings (SSSR count). The van der Waals surface area contributed by atoms with Crippen LogP contribution < -0.4 is 4.74 Å². The van der Waals surface area contributed by atoms with Crippen LogP contribution in [0.5, 0.6) is 5.75 Å². The monoisotopic (exact) mass is 289 g/mol. The van der Waals surface area contributed by atoms with E-state index < -0.39 is 0 Å². The summed E-state index contributed by atoms with van der Waals surface area (Å²) in [7, 11) is 0. The van der Waals surface area contributed by atoms with Gasteiger partial charge in [0, 0.05) is 25.4 Å². The summed E-state index contributed by atoms with van der Waals surface area (Å²) in [5, 5.41) is 0. The van der Waals surface area contributed by atoms with Crippen LogP contribution in [0.25, 0.3) is 0 Å². The third kappa shape index (κ3) is 3.91. The zero-order valence-corrected chi connectivity index (χ0v) is 12.8. The van der Waals surface area contributed by atoms with Crippen LogP contribution in [0.15, 0.2) is 24.3 Å². The summed E-state index contributed by atoms with van der Waals surface area (Å²) in [6.45, 7) is 6.20. The van der Waals surface area contributed by atoms with Gasteiger partial charge in [-0.15, -0.1) is 0 Å². The van der Waals surface area contributed by atoms with E-state index in [1.165, 1.54) is 0 Å². The summed E-state index contributed by atoms with van der Waals surface area (Å²) in [6.07, 6.45) is 1.40. The van der Waals surface area contributed by atoms with Crippen molar-refractivity contribution in [3.8, 4) is 5.75 Å². The van der Waals surface area contributed by atoms with Crippen molar-refractivity contribution in [3.05, 3.63) is 29.8 Å². The number of ketones is 2. The van der Waals surface area contributed by atoms with Gasteiger partial charge in [-0.25, -0.2) is 0 Å². The molecule has 0 saturated carbocycles. The number of ether oxygens (including phenoxy) is 1. The molecule has 21 heavy (non-hydrogen) atoms. The fourth-order valence-corrected chi connectivity index (χ4v) is 2.74. The molecule has 4 heteroatoms. The van der Waals surface area contributed by atoms with Gasteiger partial charge in [-0.2, -0.15) is 0 Å². The smallest absolute Gasteiger partial charge is 0.180 e. The molecule has 0 radical (unpaired) electrons. The minimum Gasteiger partial charge on any atom is -0.493 e. The van der Waals surface area contributed by atoms with Crippen molar-refractivity contribution >= 4 is 11.6 Å². The number of hydrogen-bond donors (Lipinski definition) is 0. The molecule has 1 aliphatic rings. The molecule has 0 amide bonds. The van der Waals surface area contributed by atoms with Crippen molar-refractivity contribution in [2.75, 3.05) is 26.2 Å². The minimum atomic E-state index is 0.0586. The molecule has 1 saturated heterocycles. The van der Waals surface area contributed by atoms with E-state index in [-0.39, 0.29) is 11.7 Å². The number of carbonyl (C=O) groups excluding carboxylic acids is 2. The second kappa shape index (κ2) is 7.36. The number of rotatable bonds is 6. The molecule has 1 fully saturated rings. The molecule has 0 aliphatic carbocycles. The van der Waals surface area contributed by atoms with Crippen LogP contribution in [-0.4, -0.2) is 42.7 Å². The van der Waals surface area contributed by atoms with Crippen LogP contribution in [0.3, 0.4) is 0 Å². The molecule has 1 aliphatic heterocycles. The van der Waals surface area contributed by atoms with E-state index in [0.29, 0.717) is 49.8 Å². The first-order chi connectivity index (χ1) is 10.2. The standard InChI is InChI=1S/C17H23NO3/c1-3-13-11-18(10-9-15(13)19)12-16(20)14-7-5-6-8-17(14)21-4-2/h5-8,13H,3-4,9-12H2,1-2H3. The summed E-state index contributed by atoms with van der Waals surface area (Å²) < 4.78 is 5.51. The van der Waals surface area contributed by atoms with E-state index in [4.69, 9.17) is 4.74 Å². The van der Waals surface area contributed by atoms with Crippen molar-refractivity contribution in [2.45, 2.75) is 26.7 Å². The molecule has 0 N–H and O–H groups in total. The molecule has 0 spiro atoms. The van der Waals surface area contributed by atoms with Gasteiger partial charge in [0.2, 0.25) is 0 Å². The maximum Gasteiger partial charge on any atom is 0.180 e. The van der Waals surface area contributed by atoms with Gasteiger partial charge in [-0.3, -0.25) is 14.5 Å². The maximum atomic E-state index is 12.5. The average molecular weight is 289 g/mol. The molecule has 1 aromatic rings. The third-order valence-corrected chi connectivity index (χ3v) is 3.96. The Morgan fingerprint density at radius 1 is 1.33 bits per heavy atom. The summed E-state index contributed by atoms with van der Waals surface area (Å²) >= 11 is 0. The summed E-state index contributed by atoms with van der Waals surface area (Å²) in [6, 6.07) is 7.35. The Balaban J connectivity index is 2.03. The van der Waals surface area contributed by atoms with Crippen LogP contribution >= 0.6 is 0 Å². The lowest BCUT2D eigenvalue weighted by molar-refractivity contribution is -0.126. The topological polar surface area (TPSA) is 46.6 Å². The number of piperidine rings is 1. The van der Waals surface area contributed by atoms with E-state index in [0.717, 1.165) is 6.42 Å². The lowest BCUT2D eigenvalue weighted by atomic mass is 9.94. The molecule has 0 bridgehead atoms. The fraction of sp³-hybridized carbons (Fsp3) is 0.529. The maximum absolute atomic E-state index is 12.5. The fourth-order valence-electron chi connectivity index (χ4n) is 2.74. The van der Waals surface area contributed by atoms with Crippen LogP contribution in [0, 0.1) is 5.92 Å². The van der Waals surface area contributed by atoms with Crippen molar-refractivity contribution in [3.63, 3.8) is 0 Å². The number of Topliss-reactive ketones (excluding diaryl/α,β-unsaturated/α-hetero) is 2. The van der Waals surface area contributed by atoms with E-state index in [9.17, 15) is 9.59 Å². The second-order valence-electron chi connectivity index (χ2n) is 5.41. The highest BCUT2D eigenvalue weighted by Crippen LogP contribution is 2.21. The largest absolute Gasteiger partial charge is 0.493 e. The Hall–Kier alpha value is -1.68. The molecule has 1 atom stereocenters. The van der Waals surface area contributed by atoms with Crippen molar-refractivity contribution in [2.24, 2.45) is 5.92 Å². The number of benzene rings is 1. The average Bonchev–Trinajstić information content (AvgIpc) is 2.50. The summed E-state index contributed by atoms with van der Waals surface area (Å²) in [4.78, 5) is 26.3. The van der Waals surface area contributed by atoms with Crippen LogP contribution in [0.1, 0.15) is 37.0 Å². The number of likely N-dealkylation sites (tertiary alicyclic amines) is 1. The molecular formula is C17H23NO3. The predicted octanol–water partition coefficient (Wildman–Crippen LogP) is 2.57. The number of hydrogen-bond acceptors (Lipinski definition) is 4. The highest BCUT2D eigenvalue weighted by molar-refractivity contribution is 6.00. The van der Waals surface area contributed by atoms with E-state index in [2.05, 4.69) is 4.90 Å². The van der Waals surface area contributed by atoms with Crippen molar-refractivity contribution in [1.29, 1.82) is 0 Å². The van der Waals surface area contributed by atoms with Gasteiger partial charge >= 0.3 is 0 Å². The second-order valence-corrected chi connectivity index (χ2v) is 5.41. The van der Waals surface area contributed by atoms with Crippen molar-refractivity contribution in [1.82, 2.24) is 4.90 Å². The summed E-state index contributed by atoms with van der Waals surface area (Å²) in [5.41, 5.74) is 0.629. The van der Waals surface area contributed by atoms with E-state index in [1.807, 2.05) is 32.0 Å². The first kappa shape index (κ1) is 15.7. The predicted molar refractivity (Wildman–Crippen MR) is 81.8 cm³/mol. The van der Waals surface area contributed by atoms with Gasteiger partial charge in [0.1, 0.15) is 11.5 Å². The highest BCUT2D eigenvalue weighted by Gasteiger charge is 2.27. The first-order valence-corrected chi connectivity index (χ1v) is 7.65. The molecule has 1 unspecified atom stereocenters. The first-order valence-electron chi connectivity index (χ1n) is 7.65. The lowest BCUT2D eigenvalue weighted by Gasteiger charge is -2.30. The van der Waals surface area contributed by atoms with Crippen LogP contribution in [0.2, 0.25) is 0 Å². The van der Waals surface area contributed by atoms with Gasteiger partial charge in [0.05, 0.1) is 18.7 Å². The van der Waals surface area contributed by atoms with Gasteiger partial charge < -0.3 is 4.74 Å². The van der Waals surface area contributed by atoms with Crippen LogP contribution in [-0.2, 0) is 4.79 Å². The zero-order chi connectivity index (χ0) is 15.2. The quantitative estimate of drug-likeness (QED) is 0.755. The van der Waals surface area contributed by atoms with Gasteiger partial charge in [-0.1, -0.05) is 19.1 Å². The SMILES string of the molecule is CCOc1ccccc1C(=O)CN1CCC(=O)C(CC)C1. The normalized spacial score (nSPS) is 19.5. The Morgan fingerprint density at radius 3 is 2.81 bits per heavy atom. The molecule has 4 nitrogen and oxygen atoms in total.